The molecule has 2 amide bonds. The summed E-state index contributed by atoms with van der Waals surface area (Å²) in [6, 6.07) is 9.00. The molecular formula is C19H21NO4. The number of aliphatic hydroxyl groups excluding tert-OH is 1. The molecule has 24 heavy (non-hydrogen) atoms. The number of hydrogen-bond acceptors (Lipinski definition) is 4. The third-order valence-corrected chi connectivity index (χ3v) is 4.29. The molecule has 0 saturated carbocycles. The Balaban J connectivity index is 2.00. The van der Waals surface area contributed by atoms with Gasteiger partial charge < -0.3 is 9.84 Å². The predicted octanol–water partition coefficient (Wildman–Crippen LogP) is 3.00. The molecule has 1 heterocycles. The lowest BCUT2D eigenvalue weighted by Crippen LogP contribution is -2.40. The number of carbonyl (C=O) groups is 2. The molecule has 0 aliphatic carbocycles. The summed E-state index contributed by atoms with van der Waals surface area (Å²) in [7, 11) is 0. The van der Waals surface area contributed by atoms with Gasteiger partial charge in [-0.05, 0) is 44.4 Å². The molecule has 5 nitrogen and oxygen atoms in total. The molecule has 0 aromatic heterocycles. The molecule has 1 aliphatic rings. The lowest BCUT2D eigenvalue weighted by Gasteiger charge is -2.27. The average molecular weight is 327 g/mol. The fourth-order valence-corrected chi connectivity index (χ4v) is 3.16. The average Bonchev–Trinajstić information content (AvgIpc) is 2.60. The molecule has 1 N–H and O–H groups in total. The van der Waals surface area contributed by atoms with E-state index in [0.29, 0.717) is 48.3 Å². The van der Waals surface area contributed by atoms with Gasteiger partial charge in [0.15, 0.2) is 0 Å². The first kappa shape index (κ1) is 16.5. The van der Waals surface area contributed by atoms with Crippen LogP contribution in [0.25, 0.3) is 10.8 Å². The van der Waals surface area contributed by atoms with Crippen LogP contribution in [0.2, 0.25) is 0 Å². The number of nitrogens with zero attached hydrogens (tertiary/aromatic N) is 1. The van der Waals surface area contributed by atoms with Crippen LogP contribution < -0.4 is 4.74 Å². The maximum absolute atomic E-state index is 12.8. The van der Waals surface area contributed by atoms with E-state index in [-0.39, 0.29) is 18.4 Å². The topological polar surface area (TPSA) is 66.8 Å². The molecule has 0 saturated heterocycles. The van der Waals surface area contributed by atoms with E-state index in [9.17, 15) is 9.59 Å². The van der Waals surface area contributed by atoms with E-state index < -0.39 is 0 Å². The lowest BCUT2D eigenvalue weighted by molar-refractivity contribution is 0.0607. The van der Waals surface area contributed by atoms with Crippen molar-refractivity contribution in [2.75, 3.05) is 19.8 Å². The highest BCUT2D eigenvalue weighted by atomic mass is 16.5. The molecule has 0 atom stereocenters. The van der Waals surface area contributed by atoms with Gasteiger partial charge in [0.2, 0.25) is 0 Å². The second-order valence-electron chi connectivity index (χ2n) is 5.82. The van der Waals surface area contributed by atoms with E-state index in [2.05, 4.69) is 0 Å². The van der Waals surface area contributed by atoms with Gasteiger partial charge in [-0.2, -0.15) is 0 Å². The van der Waals surface area contributed by atoms with Gasteiger partial charge in [0.25, 0.3) is 11.8 Å². The Hall–Kier alpha value is -2.40. The van der Waals surface area contributed by atoms with Crippen molar-refractivity contribution in [2.45, 2.75) is 26.2 Å². The van der Waals surface area contributed by atoms with Crippen LogP contribution >= 0.6 is 0 Å². The smallest absolute Gasteiger partial charge is 0.261 e. The summed E-state index contributed by atoms with van der Waals surface area (Å²) >= 11 is 0. The van der Waals surface area contributed by atoms with Gasteiger partial charge in [-0.25, -0.2) is 0 Å². The number of ether oxygens (including phenoxy) is 1. The van der Waals surface area contributed by atoms with Crippen LogP contribution in [0.3, 0.4) is 0 Å². The minimum atomic E-state index is -0.254. The highest BCUT2D eigenvalue weighted by molar-refractivity contribution is 6.26. The molecule has 0 radical (unpaired) electrons. The van der Waals surface area contributed by atoms with Crippen molar-refractivity contribution in [1.82, 2.24) is 4.90 Å². The van der Waals surface area contributed by atoms with E-state index >= 15 is 0 Å². The maximum atomic E-state index is 12.8. The van der Waals surface area contributed by atoms with Crippen LogP contribution in [0.4, 0.5) is 0 Å². The van der Waals surface area contributed by atoms with Crippen molar-refractivity contribution in [3.05, 3.63) is 41.5 Å². The zero-order valence-electron chi connectivity index (χ0n) is 13.7. The van der Waals surface area contributed by atoms with Crippen molar-refractivity contribution in [2.24, 2.45) is 0 Å². The summed E-state index contributed by atoms with van der Waals surface area (Å²) < 4.78 is 5.63. The Bertz CT molecular complexity index is 762. The molecule has 2 aromatic carbocycles. The molecular weight excluding hydrogens is 306 g/mol. The first-order valence-corrected chi connectivity index (χ1v) is 8.34. The predicted molar refractivity (Wildman–Crippen MR) is 91.4 cm³/mol. The minimum Gasteiger partial charge on any atom is -0.493 e. The molecule has 2 aromatic rings. The Morgan fingerprint density at radius 3 is 2.46 bits per heavy atom. The first-order chi connectivity index (χ1) is 11.7. The molecule has 0 unspecified atom stereocenters. The quantitative estimate of drug-likeness (QED) is 0.627. The number of rotatable bonds is 7. The zero-order valence-corrected chi connectivity index (χ0v) is 13.7. The Morgan fingerprint density at radius 1 is 1.00 bits per heavy atom. The van der Waals surface area contributed by atoms with Crippen LogP contribution in [0.15, 0.2) is 30.3 Å². The number of hydrogen-bond donors (Lipinski definition) is 1. The van der Waals surface area contributed by atoms with E-state index in [1.165, 1.54) is 4.90 Å². The standard InChI is InChI=1S/C19H21NO4/c1-2-24-16-10-9-15-17-13(16)7-6-8-14(17)18(22)20(19(15)23)11-4-3-5-12-21/h6-10,21H,2-5,11-12H2,1H3. The van der Waals surface area contributed by atoms with Gasteiger partial charge in [0.1, 0.15) is 5.75 Å². The fraction of sp³-hybridized carbons (Fsp3) is 0.368. The van der Waals surface area contributed by atoms with Crippen LogP contribution in [-0.2, 0) is 0 Å². The van der Waals surface area contributed by atoms with E-state index in [1.54, 1.807) is 18.2 Å². The second-order valence-corrected chi connectivity index (χ2v) is 5.82. The Kier molecular flexibility index (Phi) is 4.81. The number of carbonyl (C=O) groups excluding carboxylic acids is 2. The van der Waals surface area contributed by atoms with Gasteiger partial charge in [-0.1, -0.05) is 12.1 Å². The number of imide groups is 1. The van der Waals surface area contributed by atoms with Crippen LogP contribution in [0.1, 0.15) is 46.9 Å². The van der Waals surface area contributed by atoms with Crippen molar-refractivity contribution in [1.29, 1.82) is 0 Å². The van der Waals surface area contributed by atoms with E-state index in [4.69, 9.17) is 9.84 Å². The summed E-state index contributed by atoms with van der Waals surface area (Å²) in [5.41, 5.74) is 1.09. The summed E-state index contributed by atoms with van der Waals surface area (Å²) in [5.74, 6) is 0.182. The maximum Gasteiger partial charge on any atom is 0.261 e. The number of amides is 2. The molecule has 0 spiro atoms. The van der Waals surface area contributed by atoms with Gasteiger partial charge in [0.05, 0.1) is 6.61 Å². The van der Waals surface area contributed by atoms with E-state index in [0.717, 1.165) is 11.8 Å². The van der Waals surface area contributed by atoms with Crippen molar-refractivity contribution < 1.29 is 19.4 Å². The summed E-state index contributed by atoms with van der Waals surface area (Å²) in [5, 5.41) is 10.3. The van der Waals surface area contributed by atoms with E-state index in [1.807, 2.05) is 19.1 Å². The lowest BCUT2D eigenvalue weighted by atomic mass is 9.93. The molecule has 1 aliphatic heterocycles. The largest absolute Gasteiger partial charge is 0.493 e. The minimum absolute atomic E-state index is 0.129. The third kappa shape index (κ3) is 2.76. The highest BCUT2D eigenvalue weighted by Crippen LogP contribution is 2.35. The summed E-state index contributed by atoms with van der Waals surface area (Å²) in [6.45, 7) is 2.93. The number of aliphatic hydroxyl groups is 1. The Labute approximate surface area is 140 Å². The van der Waals surface area contributed by atoms with Crippen LogP contribution in [-0.4, -0.2) is 41.6 Å². The van der Waals surface area contributed by atoms with Gasteiger partial charge in [0, 0.05) is 35.1 Å². The normalized spacial score (nSPS) is 13.7. The van der Waals surface area contributed by atoms with Gasteiger partial charge >= 0.3 is 0 Å². The second kappa shape index (κ2) is 7.01. The third-order valence-electron chi connectivity index (χ3n) is 4.29. The van der Waals surface area contributed by atoms with Crippen molar-refractivity contribution in [3.63, 3.8) is 0 Å². The number of benzene rings is 2. The highest BCUT2D eigenvalue weighted by Gasteiger charge is 2.32. The molecule has 126 valence electrons. The first-order valence-electron chi connectivity index (χ1n) is 8.34. The molecule has 3 rings (SSSR count). The van der Waals surface area contributed by atoms with Crippen molar-refractivity contribution >= 4 is 22.6 Å². The van der Waals surface area contributed by atoms with Gasteiger partial charge in [-0.15, -0.1) is 0 Å². The fourth-order valence-electron chi connectivity index (χ4n) is 3.16. The van der Waals surface area contributed by atoms with Crippen LogP contribution in [0, 0.1) is 0 Å². The van der Waals surface area contributed by atoms with Crippen LogP contribution in [0.5, 0.6) is 5.75 Å². The number of unbranched alkanes of at least 4 members (excludes halogenated alkanes) is 2. The monoisotopic (exact) mass is 327 g/mol. The zero-order chi connectivity index (χ0) is 17.1. The molecule has 5 heteroatoms. The SMILES string of the molecule is CCOc1ccc2c3c(cccc13)C(=O)N(CCCCCO)C2=O. The molecule has 0 bridgehead atoms. The summed E-state index contributed by atoms with van der Waals surface area (Å²) in [4.78, 5) is 26.8. The molecule has 0 fully saturated rings. The summed E-state index contributed by atoms with van der Waals surface area (Å²) in [6.07, 6.45) is 2.16. The Morgan fingerprint density at radius 2 is 1.75 bits per heavy atom. The van der Waals surface area contributed by atoms with Crippen molar-refractivity contribution in [3.8, 4) is 5.75 Å². The van der Waals surface area contributed by atoms with Gasteiger partial charge in [-0.3, -0.25) is 14.5 Å².